The fourth-order valence-corrected chi connectivity index (χ4v) is 3.09. The van der Waals surface area contributed by atoms with Crippen molar-refractivity contribution in [2.75, 3.05) is 24.4 Å². The van der Waals surface area contributed by atoms with Crippen molar-refractivity contribution in [3.05, 3.63) is 54.1 Å². The molecule has 0 heterocycles. The van der Waals surface area contributed by atoms with Crippen molar-refractivity contribution < 1.29 is 19.1 Å². The standard InChI is InChI=1S/C21H24N2O4/c1-26-14-20(24)22-16-5-4-6-17(13-16)23-21(25)15-9-11-19(12-10-15)27-18-7-2-3-8-18/h4-6,9-13,18H,2-3,7-8,14H2,1H3,(H,22,24)(H,23,25). The monoisotopic (exact) mass is 368 g/mol. The number of methoxy groups -OCH3 is 1. The average Bonchev–Trinajstić information content (AvgIpc) is 3.16. The summed E-state index contributed by atoms with van der Waals surface area (Å²) in [7, 11) is 1.46. The molecule has 0 spiro atoms. The molecule has 1 aliphatic rings. The quantitative estimate of drug-likeness (QED) is 0.778. The van der Waals surface area contributed by atoms with Crippen LogP contribution in [0, 0.1) is 0 Å². The molecule has 2 N–H and O–H groups in total. The van der Waals surface area contributed by atoms with Crippen molar-refractivity contribution in [3.63, 3.8) is 0 Å². The van der Waals surface area contributed by atoms with E-state index < -0.39 is 0 Å². The predicted molar refractivity (Wildman–Crippen MR) is 104 cm³/mol. The Hall–Kier alpha value is -2.86. The zero-order chi connectivity index (χ0) is 19.1. The fourth-order valence-electron chi connectivity index (χ4n) is 3.09. The van der Waals surface area contributed by atoms with Crippen molar-refractivity contribution in [3.8, 4) is 5.75 Å². The second-order valence-corrected chi connectivity index (χ2v) is 6.56. The summed E-state index contributed by atoms with van der Waals surface area (Å²) in [6.45, 7) is -0.0220. The highest BCUT2D eigenvalue weighted by Crippen LogP contribution is 2.24. The minimum atomic E-state index is -0.251. The Bertz CT molecular complexity index is 783. The summed E-state index contributed by atoms with van der Waals surface area (Å²) in [6, 6.07) is 14.1. The number of carbonyl (C=O) groups is 2. The van der Waals surface area contributed by atoms with Gasteiger partial charge in [0.1, 0.15) is 12.4 Å². The molecular formula is C21H24N2O4. The molecule has 0 unspecified atom stereocenters. The van der Waals surface area contributed by atoms with E-state index in [4.69, 9.17) is 9.47 Å². The van der Waals surface area contributed by atoms with Gasteiger partial charge in [-0.15, -0.1) is 0 Å². The summed E-state index contributed by atoms with van der Waals surface area (Å²) in [5.74, 6) is 0.322. The topological polar surface area (TPSA) is 76.7 Å². The molecule has 2 amide bonds. The maximum atomic E-state index is 12.4. The molecule has 2 aromatic carbocycles. The average molecular weight is 368 g/mol. The molecule has 1 fully saturated rings. The van der Waals surface area contributed by atoms with Gasteiger partial charge >= 0.3 is 0 Å². The molecule has 27 heavy (non-hydrogen) atoms. The normalized spacial score (nSPS) is 14.0. The number of nitrogens with one attached hydrogen (secondary N) is 2. The third kappa shape index (κ3) is 5.56. The van der Waals surface area contributed by atoms with Crippen LogP contribution in [0.2, 0.25) is 0 Å². The number of hydrogen-bond acceptors (Lipinski definition) is 4. The fraction of sp³-hybridized carbons (Fsp3) is 0.333. The largest absolute Gasteiger partial charge is 0.490 e. The molecule has 0 aliphatic heterocycles. The molecule has 3 rings (SSSR count). The van der Waals surface area contributed by atoms with E-state index in [9.17, 15) is 9.59 Å². The molecule has 142 valence electrons. The molecule has 6 nitrogen and oxygen atoms in total. The van der Waals surface area contributed by atoms with E-state index >= 15 is 0 Å². The minimum Gasteiger partial charge on any atom is -0.490 e. The van der Waals surface area contributed by atoms with Crippen LogP contribution in [-0.2, 0) is 9.53 Å². The van der Waals surface area contributed by atoms with E-state index in [-0.39, 0.29) is 18.4 Å². The summed E-state index contributed by atoms with van der Waals surface area (Å²) in [5, 5.41) is 5.54. The van der Waals surface area contributed by atoms with Crippen molar-refractivity contribution >= 4 is 23.2 Å². The number of anilines is 2. The lowest BCUT2D eigenvalue weighted by atomic mass is 10.2. The van der Waals surface area contributed by atoms with Crippen molar-refractivity contribution in [2.24, 2.45) is 0 Å². The lowest BCUT2D eigenvalue weighted by Gasteiger charge is -2.13. The van der Waals surface area contributed by atoms with Gasteiger partial charge in [0.2, 0.25) is 5.91 Å². The highest BCUT2D eigenvalue weighted by molar-refractivity contribution is 6.04. The van der Waals surface area contributed by atoms with E-state index in [2.05, 4.69) is 10.6 Å². The van der Waals surface area contributed by atoms with Crippen LogP contribution in [-0.4, -0.2) is 31.6 Å². The van der Waals surface area contributed by atoms with Crippen LogP contribution in [0.1, 0.15) is 36.0 Å². The van der Waals surface area contributed by atoms with Crippen LogP contribution < -0.4 is 15.4 Å². The second-order valence-electron chi connectivity index (χ2n) is 6.56. The first kappa shape index (κ1) is 18.9. The molecule has 0 atom stereocenters. The Morgan fingerprint density at radius 3 is 2.33 bits per heavy atom. The van der Waals surface area contributed by atoms with Crippen LogP contribution >= 0.6 is 0 Å². The maximum Gasteiger partial charge on any atom is 0.255 e. The molecular weight excluding hydrogens is 344 g/mol. The van der Waals surface area contributed by atoms with Crippen molar-refractivity contribution in [1.82, 2.24) is 0 Å². The van der Waals surface area contributed by atoms with Gasteiger partial charge in [0, 0.05) is 24.0 Å². The molecule has 1 aliphatic carbocycles. The Labute approximate surface area is 158 Å². The number of carbonyl (C=O) groups excluding carboxylic acids is 2. The summed E-state index contributed by atoms with van der Waals surface area (Å²) in [6.07, 6.45) is 4.92. The second kappa shape index (κ2) is 9.19. The first-order valence-electron chi connectivity index (χ1n) is 9.11. The van der Waals surface area contributed by atoms with E-state index in [0.29, 0.717) is 23.0 Å². The van der Waals surface area contributed by atoms with Gasteiger partial charge in [-0.25, -0.2) is 0 Å². The Morgan fingerprint density at radius 2 is 1.67 bits per heavy atom. The number of amides is 2. The van der Waals surface area contributed by atoms with Gasteiger partial charge in [-0.3, -0.25) is 9.59 Å². The Balaban J connectivity index is 1.58. The highest BCUT2D eigenvalue weighted by atomic mass is 16.5. The number of hydrogen-bond donors (Lipinski definition) is 2. The highest BCUT2D eigenvalue weighted by Gasteiger charge is 2.16. The lowest BCUT2D eigenvalue weighted by Crippen LogP contribution is -2.17. The molecule has 0 bridgehead atoms. The van der Waals surface area contributed by atoms with Crippen LogP contribution in [0.5, 0.6) is 5.75 Å². The SMILES string of the molecule is COCC(=O)Nc1cccc(NC(=O)c2ccc(OC3CCCC3)cc2)c1. The summed E-state index contributed by atoms with van der Waals surface area (Å²) in [5.41, 5.74) is 1.74. The van der Waals surface area contributed by atoms with Crippen LogP contribution in [0.15, 0.2) is 48.5 Å². The van der Waals surface area contributed by atoms with Gasteiger partial charge in [0.25, 0.3) is 5.91 Å². The lowest BCUT2D eigenvalue weighted by molar-refractivity contribution is -0.119. The summed E-state index contributed by atoms with van der Waals surface area (Å²) < 4.78 is 10.7. The third-order valence-corrected chi connectivity index (χ3v) is 4.40. The zero-order valence-electron chi connectivity index (χ0n) is 15.4. The first-order chi connectivity index (χ1) is 13.1. The smallest absolute Gasteiger partial charge is 0.255 e. The van der Waals surface area contributed by atoms with E-state index in [1.807, 2.05) is 12.1 Å². The van der Waals surface area contributed by atoms with Crippen LogP contribution in [0.4, 0.5) is 11.4 Å². The number of ether oxygens (including phenoxy) is 2. The third-order valence-electron chi connectivity index (χ3n) is 4.40. The number of benzene rings is 2. The minimum absolute atomic E-state index is 0.0220. The number of rotatable bonds is 7. The van der Waals surface area contributed by atoms with Gasteiger partial charge in [0.05, 0.1) is 6.10 Å². The Kier molecular flexibility index (Phi) is 6.44. The van der Waals surface area contributed by atoms with Gasteiger partial charge in [-0.1, -0.05) is 6.07 Å². The molecule has 0 radical (unpaired) electrons. The maximum absolute atomic E-state index is 12.4. The first-order valence-corrected chi connectivity index (χ1v) is 9.11. The Morgan fingerprint density at radius 1 is 1.00 bits per heavy atom. The van der Waals surface area contributed by atoms with Crippen LogP contribution in [0.3, 0.4) is 0 Å². The zero-order valence-corrected chi connectivity index (χ0v) is 15.4. The molecule has 0 aromatic heterocycles. The molecule has 6 heteroatoms. The summed E-state index contributed by atoms with van der Waals surface area (Å²) in [4.78, 5) is 24.0. The van der Waals surface area contributed by atoms with Gasteiger partial charge in [-0.2, -0.15) is 0 Å². The van der Waals surface area contributed by atoms with Gasteiger partial charge in [-0.05, 0) is 68.1 Å². The molecule has 2 aromatic rings. The van der Waals surface area contributed by atoms with Crippen molar-refractivity contribution in [2.45, 2.75) is 31.8 Å². The van der Waals surface area contributed by atoms with Gasteiger partial charge in [0.15, 0.2) is 0 Å². The van der Waals surface area contributed by atoms with Gasteiger partial charge < -0.3 is 20.1 Å². The summed E-state index contributed by atoms with van der Waals surface area (Å²) >= 11 is 0. The van der Waals surface area contributed by atoms with E-state index in [1.54, 1.807) is 36.4 Å². The van der Waals surface area contributed by atoms with Crippen LogP contribution in [0.25, 0.3) is 0 Å². The van der Waals surface area contributed by atoms with Crippen molar-refractivity contribution in [1.29, 1.82) is 0 Å². The van der Waals surface area contributed by atoms with E-state index in [0.717, 1.165) is 18.6 Å². The molecule has 1 saturated carbocycles. The van der Waals surface area contributed by atoms with E-state index in [1.165, 1.54) is 20.0 Å². The molecule has 0 saturated heterocycles. The predicted octanol–water partition coefficient (Wildman–Crippen LogP) is 3.85.